The first-order valence-electron chi connectivity index (χ1n) is 6.53. The second kappa shape index (κ2) is 12.1. The van der Waals surface area contributed by atoms with E-state index in [2.05, 4.69) is 22.6 Å². The Balaban J connectivity index is 0. The molecule has 0 aliphatic carbocycles. The highest BCUT2D eigenvalue weighted by atomic mass is 32.2. The summed E-state index contributed by atoms with van der Waals surface area (Å²) in [6, 6.07) is 0. The number of carbonyl (C=O) groups is 1. The third-order valence-electron chi connectivity index (χ3n) is 2.05. The van der Waals surface area contributed by atoms with Crippen LogP contribution in [0.1, 0.15) is 6.92 Å². The van der Waals surface area contributed by atoms with Crippen LogP contribution < -0.4 is 0 Å². The van der Waals surface area contributed by atoms with E-state index < -0.39 is 56.2 Å². The monoisotopic (exact) mass is 406 g/mol. The normalized spacial score (nSPS) is 15.1. The number of carbonyl (C=O) groups excluding carboxylic acids is 1. The van der Waals surface area contributed by atoms with Gasteiger partial charge in [-0.3, -0.25) is 9.11 Å². The van der Waals surface area contributed by atoms with Crippen molar-refractivity contribution in [3.63, 3.8) is 0 Å². The molecular formula is C12H22O11S2. The number of ether oxygens (including phenoxy) is 2. The maximum Gasteiger partial charge on any atom is 0.330 e. The van der Waals surface area contributed by atoms with Gasteiger partial charge in [0.25, 0.3) is 20.2 Å². The molecule has 0 aliphatic heterocycles. The molecule has 0 fully saturated rings. The SMILES string of the molecule is C=CC(=O)OCC(O)CS(=O)(=O)O.C=CCOC(C(C)O)S(=O)(=O)O. The lowest BCUT2D eigenvalue weighted by Crippen LogP contribution is -2.34. The average molecular weight is 406 g/mol. The van der Waals surface area contributed by atoms with E-state index in [0.717, 1.165) is 6.08 Å². The molecule has 0 bridgehead atoms. The predicted molar refractivity (Wildman–Crippen MR) is 86.7 cm³/mol. The van der Waals surface area contributed by atoms with Gasteiger partial charge in [0.1, 0.15) is 18.5 Å². The molecule has 25 heavy (non-hydrogen) atoms. The molecule has 0 spiro atoms. The molecule has 148 valence electrons. The van der Waals surface area contributed by atoms with Crippen molar-refractivity contribution in [2.75, 3.05) is 19.0 Å². The van der Waals surface area contributed by atoms with Gasteiger partial charge in [-0.25, -0.2) is 4.79 Å². The minimum atomic E-state index is -4.36. The van der Waals surface area contributed by atoms with Crippen LogP contribution in [0.4, 0.5) is 0 Å². The summed E-state index contributed by atoms with van der Waals surface area (Å²) in [6.07, 6.45) is -0.514. The number of esters is 1. The summed E-state index contributed by atoms with van der Waals surface area (Å²) >= 11 is 0. The van der Waals surface area contributed by atoms with Gasteiger partial charge in [-0.05, 0) is 6.92 Å². The van der Waals surface area contributed by atoms with Gasteiger partial charge >= 0.3 is 5.97 Å². The average Bonchev–Trinajstić information content (AvgIpc) is 2.42. The highest BCUT2D eigenvalue weighted by Gasteiger charge is 2.28. The van der Waals surface area contributed by atoms with Crippen LogP contribution in [-0.2, 0) is 34.5 Å². The van der Waals surface area contributed by atoms with Gasteiger partial charge in [0.2, 0.25) is 5.44 Å². The summed E-state index contributed by atoms with van der Waals surface area (Å²) in [7, 11) is -8.60. The maximum absolute atomic E-state index is 10.5. The molecule has 0 saturated heterocycles. The Kier molecular flexibility index (Phi) is 12.5. The Morgan fingerprint density at radius 3 is 2.00 bits per heavy atom. The van der Waals surface area contributed by atoms with E-state index >= 15 is 0 Å². The fourth-order valence-corrected chi connectivity index (χ4v) is 2.50. The molecular weight excluding hydrogens is 384 g/mol. The molecule has 0 aromatic rings. The number of rotatable bonds is 10. The summed E-state index contributed by atoms with van der Waals surface area (Å²) in [4.78, 5) is 10.4. The van der Waals surface area contributed by atoms with Crippen LogP contribution in [0.3, 0.4) is 0 Å². The van der Waals surface area contributed by atoms with Crippen molar-refractivity contribution in [3.05, 3.63) is 25.3 Å². The molecule has 11 nitrogen and oxygen atoms in total. The van der Waals surface area contributed by atoms with Gasteiger partial charge in [-0.2, -0.15) is 16.8 Å². The number of aliphatic hydroxyl groups is 2. The van der Waals surface area contributed by atoms with Gasteiger partial charge in [0, 0.05) is 6.08 Å². The smallest absolute Gasteiger partial charge is 0.330 e. The molecule has 0 aromatic heterocycles. The van der Waals surface area contributed by atoms with Gasteiger partial charge < -0.3 is 19.7 Å². The van der Waals surface area contributed by atoms with Crippen LogP contribution >= 0.6 is 0 Å². The standard InChI is InChI=1S/C6H10O6S.C6H12O5S/c1-2-6(8)12-3-5(7)4-13(9,10)11;1-3-4-11-6(5(2)7)12(8,9)10/h2,5,7H,1,3-4H2,(H,9,10,11);3,5-7H,1,4H2,2H3,(H,8,9,10). The summed E-state index contributed by atoms with van der Waals surface area (Å²) in [5, 5.41) is 17.8. The zero-order valence-corrected chi connectivity index (χ0v) is 15.0. The highest BCUT2D eigenvalue weighted by Crippen LogP contribution is 2.06. The Morgan fingerprint density at radius 2 is 1.68 bits per heavy atom. The van der Waals surface area contributed by atoms with Gasteiger partial charge in [0.15, 0.2) is 0 Å². The van der Waals surface area contributed by atoms with E-state index in [9.17, 15) is 21.6 Å². The topological polar surface area (TPSA) is 185 Å². The Bertz CT molecular complexity index is 621. The van der Waals surface area contributed by atoms with Crippen molar-refractivity contribution in [2.24, 2.45) is 0 Å². The van der Waals surface area contributed by atoms with Crippen molar-refractivity contribution in [2.45, 2.75) is 24.6 Å². The molecule has 0 radical (unpaired) electrons. The molecule has 0 aromatic carbocycles. The summed E-state index contributed by atoms with van der Waals surface area (Å²) in [5.74, 6) is -1.63. The van der Waals surface area contributed by atoms with Gasteiger partial charge in [0.05, 0.1) is 12.7 Å². The van der Waals surface area contributed by atoms with Gasteiger partial charge in [-0.15, -0.1) is 6.58 Å². The Morgan fingerprint density at radius 1 is 1.16 bits per heavy atom. The predicted octanol–water partition coefficient (Wildman–Crippen LogP) is -1.25. The zero-order chi connectivity index (χ0) is 20.3. The third kappa shape index (κ3) is 15.9. The fourth-order valence-electron chi connectivity index (χ4n) is 1.17. The van der Waals surface area contributed by atoms with E-state index in [-0.39, 0.29) is 6.61 Å². The largest absolute Gasteiger partial charge is 0.460 e. The van der Waals surface area contributed by atoms with E-state index in [1.165, 1.54) is 13.0 Å². The van der Waals surface area contributed by atoms with Crippen LogP contribution in [0.15, 0.2) is 25.3 Å². The van der Waals surface area contributed by atoms with Gasteiger partial charge in [-0.1, -0.05) is 12.7 Å². The Hall–Kier alpha value is -1.35. The minimum Gasteiger partial charge on any atom is -0.460 e. The van der Waals surface area contributed by atoms with Crippen LogP contribution in [0.5, 0.6) is 0 Å². The second-order valence-corrected chi connectivity index (χ2v) is 7.47. The number of hydrogen-bond acceptors (Lipinski definition) is 9. The second-order valence-electron chi connectivity index (χ2n) is 4.48. The number of hydrogen-bond donors (Lipinski definition) is 4. The van der Waals surface area contributed by atoms with E-state index in [0.29, 0.717) is 0 Å². The van der Waals surface area contributed by atoms with Crippen molar-refractivity contribution in [1.29, 1.82) is 0 Å². The molecule has 13 heteroatoms. The lowest BCUT2D eigenvalue weighted by atomic mass is 10.4. The first-order valence-corrected chi connectivity index (χ1v) is 9.65. The van der Waals surface area contributed by atoms with Crippen LogP contribution in [0.2, 0.25) is 0 Å². The zero-order valence-electron chi connectivity index (χ0n) is 13.4. The van der Waals surface area contributed by atoms with Crippen LogP contribution in [-0.4, -0.2) is 78.7 Å². The lowest BCUT2D eigenvalue weighted by Gasteiger charge is -2.15. The summed E-state index contributed by atoms with van der Waals surface area (Å²) < 4.78 is 67.1. The molecule has 0 rings (SSSR count). The quantitative estimate of drug-likeness (QED) is 0.147. The molecule has 0 saturated carbocycles. The molecule has 0 heterocycles. The maximum atomic E-state index is 10.5. The van der Waals surface area contributed by atoms with E-state index in [1.807, 2.05) is 0 Å². The van der Waals surface area contributed by atoms with Crippen molar-refractivity contribution < 1.29 is 50.4 Å². The molecule has 4 N–H and O–H groups in total. The number of aliphatic hydroxyl groups excluding tert-OH is 2. The summed E-state index contributed by atoms with van der Waals surface area (Å²) in [6.45, 7) is 7.05. The minimum absolute atomic E-state index is 0.0463. The van der Waals surface area contributed by atoms with Crippen LogP contribution in [0, 0.1) is 0 Å². The molecule has 3 atom stereocenters. The fraction of sp³-hybridized carbons (Fsp3) is 0.583. The molecule has 3 unspecified atom stereocenters. The first kappa shape index (κ1) is 25.9. The molecule has 0 aliphatic rings. The van der Waals surface area contributed by atoms with E-state index in [4.69, 9.17) is 19.3 Å². The van der Waals surface area contributed by atoms with Crippen molar-refractivity contribution >= 4 is 26.2 Å². The van der Waals surface area contributed by atoms with E-state index in [1.54, 1.807) is 0 Å². The Labute approximate surface area is 146 Å². The van der Waals surface area contributed by atoms with Crippen molar-refractivity contribution in [1.82, 2.24) is 0 Å². The highest BCUT2D eigenvalue weighted by molar-refractivity contribution is 7.86. The first-order chi connectivity index (χ1) is 11.2. The van der Waals surface area contributed by atoms with Crippen LogP contribution in [0.25, 0.3) is 0 Å². The lowest BCUT2D eigenvalue weighted by molar-refractivity contribution is -0.140. The summed E-state index contributed by atoms with van der Waals surface area (Å²) in [5.41, 5.74) is -1.60. The molecule has 0 amide bonds. The van der Waals surface area contributed by atoms with Crippen molar-refractivity contribution in [3.8, 4) is 0 Å². The third-order valence-corrected chi connectivity index (χ3v) is 3.98.